The van der Waals surface area contributed by atoms with Crippen LogP contribution in [-0.2, 0) is 0 Å². The van der Waals surface area contributed by atoms with Gasteiger partial charge in [0.25, 0.3) is 0 Å². The number of hydrogen-bond acceptors (Lipinski definition) is 4. The Kier molecular flexibility index (Phi) is 3.36. The van der Waals surface area contributed by atoms with Crippen LogP contribution in [0.1, 0.15) is 22.0 Å². The maximum Gasteiger partial charge on any atom is 0.123 e. The Morgan fingerprint density at radius 1 is 1.21 bits per heavy atom. The largest absolute Gasteiger partial charge is 0.271 e. The maximum absolute atomic E-state index is 13.5. The molecule has 0 radical (unpaired) electrons. The molecule has 2 heterocycles. The molecule has 0 amide bonds. The number of fused-ring (bicyclic) bond motifs is 1. The Morgan fingerprint density at radius 3 is 2.74 bits per heavy atom. The van der Waals surface area contributed by atoms with E-state index in [0.717, 1.165) is 16.0 Å². The minimum atomic E-state index is -0.228. The molecule has 3 rings (SSSR count). The van der Waals surface area contributed by atoms with Gasteiger partial charge >= 0.3 is 0 Å². The summed E-state index contributed by atoms with van der Waals surface area (Å²) in [5.41, 5.74) is 4.54. The summed E-state index contributed by atoms with van der Waals surface area (Å²) in [6.45, 7) is 1.88. The summed E-state index contributed by atoms with van der Waals surface area (Å²) in [5.74, 6) is 5.44. The smallest absolute Gasteiger partial charge is 0.123 e. The lowest BCUT2D eigenvalue weighted by atomic mass is 10.0. The molecule has 2 nitrogen and oxygen atoms in total. The number of nitrogens with one attached hydrogen (secondary N) is 1. The van der Waals surface area contributed by atoms with Crippen molar-refractivity contribution in [1.29, 1.82) is 0 Å². The van der Waals surface area contributed by atoms with Crippen LogP contribution in [0.3, 0.4) is 0 Å². The number of hydrazine groups is 1. The number of benzene rings is 1. The van der Waals surface area contributed by atoms with Crippen molar-refractivity contribution in [3.63, 3.8) is 0 Å². The summed E-state index contributed by atoms with van der Waals surface area (Å²) in [6, 6.07) is 9.06. The van der Waals surface area contributed by atoms with Crippen molar-refractivity contribution in [1.82, 2.24) is 5.43 Å². The average molecular weight is 292 g/mol. The Balaban J connectivity index is 2.06. The van der Waals surface area contributed by atoms with Crippen molar-refractivity contribution in [2.45, 2.75) is 13.0 Å². The molecule has 0 spiro atoms. The average Bonchev–Trinajstić information content (AvgIpc) is 2.89. The second kappa shape index (κ2) is 5.02. The highest BCUT2D eigenvalue weighted by Crippen LogP contribution is 2.35. The summed E-state index contributed by atoms with van der Waals surface area (Å²) in [7, 11) is 0. The molecule has 3 N–H and O–H groups in total. The van der Waals surface area contributed by atoms with Crippen LogP contribution in [0, 0.1) is 12.7 Å². The molecule has 1 atom stereocenters. The summed E-state index contributed by atoms with van der Waals surface area (Å²) in [6.07, 6.45) is 0. The van der Waals surface area contributed by atoms with E-state index in [1.165, 1.54) is 21.5 Å². The van der Waals surface area contributed by atoms with Crippen molar-refractivity contribution in [2.75, 3.05) is 0 Å². The third-order valence-corrected chi connectivity index (χ3v) is 5.17. The normalized spacial score (nSPS) is 13.0. The third-order valence-electron chi connectivity index (χ3n) is 3.01. The molecule has 1 aromatic carbocycles. The molecule has 5 heteroatoms. The lowest BCUT2D eigenvalue weighted by molar-refractivity contribution is 0.607. The van der Waals surface area contributed by atoms with Gasteiger partial charge in [0.05, 0.1) is 6.04 Å². The molecule has 0 fully saturated rings. The molecule has 0 aliphatic carbocycles. The van der Waals surface area contributed by atoms with Crippen molar-refractivity contribution < 1.29 is 4.39 Å². The van der Waals surface area contributed by atoms with E-state index in [1.807, 2.05) is 13.0 Å². The van der Waals surface area contributed by atoms with Gasteiger partial charge in [0.15, 0.2) is 0 Å². The van der Waals surface area contributed by atoms with E-state index in [2.05, 4.69) is 22.9 Å². The van der Waals surface area contributed by atoms with Crippen molar-refractivity contribution in [2.24, 2.45) is 5.84 Å². The van der Waals surface area contributed by atoms with Crippen molar-refractivity contribution >= 4 is 32.1 Å². The van der Waals surface area contributed by atoms with Crippen LogP contribution in [0.4, 0.5) is 4.39 Å². The van der Waals surface area contributed by atoms with Crippen LogP contribution in [0.2, 0.25) is 0 Å². The summed E-state index contributed by atoms with van der Waals surface area (Å²) in [5, 5.41) is 2.07. The first-order valence-electron chi connectivity index (χ1n) is 5.87. The van der Waals surface area contributed by atoms with E-state index in [-0.39, 0.29) is 11.9 Å². The highest BCUT2D eigenvalue weighted by Gasteiger charge is 2.17. The molecule has 0 aliphatic heterocycles. The summed E-state index contributed by atoms with van der Waals surface area (Å²) in [4.78, 5) is 1.11. The molecule has 0 bridgehead atoms. The van der Waals surface area contributed by atoms with E-state index in [9.17, 15) is 4.39 Å². The number of halogens is 1. The molecule has 3 aromatic rings. The number of thiophene rings is 2. The summed E-state index contributed by atoms with van der Waals surface area (Å²) >= 11 is 3.39. The summed E-state index contributed by atoms with van der Waals surface area (Å²) < 4.78 is 16.0. The third kappa shape index (κ3) is 2.42. The lowest BCUT2D eigenvalue weighted by Gasteiger charge is -2.15. The highest BCUT2D eigenvalue weighted by atomic mass is 32.1. The minimum Gasteiger partial charge on any atom is -0.271 e. The van der Waals surface area contributed by atoms with Crippen LogP contribution in [0.15, 0.2) is 35.7 Å². The molecule has 0 saturated carbocycles. The van der Waals surface area contributed by atoms with Gasteiger partial charge in [-0.25, -0.2) is 9.82 Å². The fraction of sp³-hybridized carbons (Fsp3) is 0.143. The van der Waals surface area contributed by atoms with Gasteiger partial charge in [-0.2, -0.15) is 0 Å². The van der Waals surface area contributed by atoms with E-state index < -0.39 is 0 Å². The first-order valence-corrected chi connectivity index (χ1v) is 7.57. The van der Waals surface area contributed by atoms with Crippen molar-refractivity contribution in [3.05, 3.63) is 57.5 Å². The number of rotatable bonds is 3. The van der Waals surface area contributed by atoms with Crippen LogP contribution in [0.5, 0.6) is 0 Å². The van der Waals surface area contributed by atoms with Gasteiger partial charge in [-0.05, 0) is 47.7 Å². The number of hydrogen-bond donors (Lipinski definition) is 2. The molecule has 98 valence electrons. The molecular weight excluding hydrogens is 279 g/mol. The molecule has 19 heavy (non-hydrogen) atoms. The minimum absolute atomic E-state index is 0.168. The Hall–Kier alpha value is -1.27. The van der Waals surface area contributed by atoms with E-state index in [0.29, 0.717) is 0 Å². The fourth-order valence-corrected chi connectivity index (χ4v) is 4.41. The zero-order valence-corrected chi connectivity index (χ0v) is 11.9. The van der Waals surface area contributed by atoms with Crippen LogP contribution in [0.25, 0.3) is 9.40 Å². The topological polar surface area (TPSA) is 38.0 Å². The van der Waals surface area contributed by atoms with Crippen LogP contribution < -0.4 is 11.3 Å². The van der Waals surface area contributed by atoms with Gasteiger partial charge in [-0.1, -0.05) is 6.07 Å². The van der Waals surface area contributed by atoms with Gasteiger partial charge in [0.2, 0.25) is 0 Å². The number of aryl methyl sites for hydroxylation is 1. The van der Waals surface area contributed by atoms with E-state index in [1.54, 1.807) is 22.7 Å². The van der Waals surface area contributed by atoms with Crippen molar-refractivity contribution in [3.8, 4) is 0 Å². The fourth-order valence-electron chi connectivity index (χ4n) is 2.20. The molecule has 0 aliphatic rings. The molecular formula is C14H13FN2S2. The zero-order chi connectivity index (χ0) is 13.4. The highest BCUT2D eigenvalue weighted by molar-refractivity contribution is 7.27. The SMILES string of the molecule is Cc1cc(F)cc(C(NN)c2cc3sccc3s2)c1. The predicted molar refractivity (Wildman–Crippen MR) is 80.0 cm³/mol. The standard InChI is InChI=1S/C14H13FN2S2/c1-8-4-9(6-10(15)5-8)14(17-16)13-7-12-11(19-13)2-3-18-12/h2-7,14,17H,16H2,1H3. The van der Waals surface area contributed by atoms with E-state index in [4.69, 9.17) is 5.84 Å². The second-order valence-corrected chi connectivity index (χ2v) is 6.52. The molecule has 1 unspecified atom stereocenters. The van der Waals surface area contributed by atoms with Crippen LogP contribution in [-0.4, -0.2) is 0 Å². The Morgan fingerprint density at radius 2 is 2.05 bits per heavy atom. The van der Waals surface area contributed by atoms with Gasteiger partial charge < -0.3 is 0 Å². The van der Waals surface area contributed by atoms with Gasteiger partial charge in [-0.15, -0.1) is 22.7 Å². The van der Waals surface area contributed by atoms with Crippen LogP contribution >= 0.6 is 22.7 Å². The van der Waals surface area contributed by atoms with E-state index >= 15 is 0 Å². The molecule has 0 saturated heterocycles. The quantitative estimate of drug-likeness (QED) is 0.566. The maximum atomic E-state index is 13.5. The first kappa shape index (κ1) is 12.7. The predicted octanol–water partition coefficient (Wildman–Crippen LogP) is 3.96. The van der Waals surface area contributed by atoms with Gasteiger partial charge in [0, 0.05) is 14.3 Å². The monoisotopic (exact) mass is 292 g/mol. The number of nitrogens with two attached hydrogens (primary N) is 1. The van der Waals surface area contributed by atoms with Gasteiger partial charge in [0.1, 0.15) is 5.82 Å². The zero-order valence-electron chi connectivity index (χ0n) is 10.3. The second-order valence-electron chi connectivity index (χ2n) is 4.46. The van der Waals surface area contributed by atoms with Gasteiger partial charge in [-0.3, -0.25) is 5.84 Å². The Labute approximate surface area is 118 Å². The Bertz CT molecular complexity index is 668. The molecule has 2 aromatic heterocycles. The lowest BCUT2D eigenvalue weighted by Crippen LogP contribution is -2.28. The first-order chi connectivity index (χ1) is 9.17.